The summed E-state index contributed by atoms with van der Waals surface area (Å²) in [6, 6.07) is 0. The van der Waals surface area contributed by atoms with Gasteiger partial charge in [0, 0.05) is 19.3 Å². The molecule has 0 aliphatic carbocycles. The summed E-state index contributed by atoms with van der Waals surface area (Å²) in [5.41, 5.74) is 0. The minimum Gasteiger partial charge on any atom is -0.347 e. The third-order valence-corrected chi connectivity index (χ3v) is 3.16. The van der Waals surface area contributed by atoms with E-state index >= 15 is 0 Å². The number of nitrogens with zero attached hydrogens (tertiary/aromatic N) is 4. The van der Waals surface area contributed by atoms with E-state index in [0.29, 0.717) is 16.4 Å². The van der Waals surface area contributed by atoms with Crippen molar-refractivity contribution < 1.29 is 0 Å². The van der Waals surface area contributed by atoms with Gasteiger partial charge in [-0.05, 0) is 18.0 Å². The van der Waals surface area contributed by atoms with Gasteiger partial charge < -0.3 is 4.90 Å². The predicted octanol–water partition coefficient (Wildman–Crippen LogP) is 2.48. The summed E-state index contributed by atoms with van der Waals surface area (Å²) < 4.78 is 0. The van der Waals surface area contributed by atoms with Gasteiger partial charge in [-0.25, -0.2) is 0 Å². The number of thioether (sulfide) groups is 1. The summed E-state index contributed by atoms with van der Waals surface area (Å²) in [7, 11) is 3.76. The Morgan fingerprint density at radius 1 is 1.33 bits per heavy atom. The van der Waals surface area contributed by atoms with Gasteiger partial charge in [-0.2, -0.15) is 15.0 Å². The zero-order valence-electron chi connectivity index (χ0n) is 9.36. The van der Waals surface area contributed by atoms with Crippen molar-refractivity contribution >= 4 is 29.3 Å². The van der Waals surface area contributed by atoms with Crippen LogP contribution in [0.25, 0.3) is 0 Å². The molecular weight excluding hydrogens is 232 g/mol. The second-order valence-electron chi connectivity index (χ2n) is 3.42. The van der Waals surface area contributed by atoms with Gasteiger partial charge in [-0.3, -0.25) is 0 Å². The highest BCUT2D eigenvalue weighted by atomic mass is 35.5. The van der Waals surface area contributed by atoms with E-state index in [1.165, 1.54) is 0 Å². The lowest BCUT2D eigenvalue weighted by Gasteiger charge is -2.12. The molecule has 0 aromatic carbocycles. The van der Waals surface area contributed by atoms with Crippen molar-refractivity contribution in [3.05, 3.63) is 5.28 Å². The lowest BCUT2D eigenvalue weighted by molar-refractivity contribution is 0.847. The predicted molar refractivity (Wildman–Crippen MR) is 64.8 cm³/mol. The van der Waals surface area contributed by atoms with Crippen LogP contribution in [0.5, 0.6) is 0 Å². The maximum absolute atomic E-state index is 5.82. The maximum Gasteiger partial charge on any atom is 0.230 e. The van der Waals surface area contributed by atoms with Gasteiger partial charge in [0.25, 0.3) is 0 Å². The molecule has 0 bridgehead atoms. The van der Waals surface area contributed by atoms with E-state index in [0.717, 1.165) is 6.42 Å². The second-order valence-corrected chi connectivity index (χ2v) is 5.16. The molecule has 1 aromatic heterocycles. The molecule has 4 nitrogen and oxygen atoms in total. The summed E-state index contributed by atoms with van der Waals surface area (Å²) in [6.45, 7) is 4.27. The summed E-state index contributed by atoms with van der Waals surface area (Å²) in [5.74, 6) is 0.598. The monoisotopic (exact) mass is 246 g/mol. The third-order valence-electron chi connectivity index (χ3n) is 1.86. The topological polar surface area (TPSA) is 41.9 Å². The third kappa shape index (κ3) is 3.83. The molecule has 0 saturated carbocycles. The van der Waals surface area contributed by atoms with Crippen molar-refractivity contribution in [2.24, 2.45) is 0 Å². The molecule has 0 fully saturated rings. The molecule has 0 aliphatic heterocycles. The number of aromatic nitrogens is 3. The first-order valence-electron chi connectivity index (χ1n) is 4.78. The van der Waals surface area contributed by atoms with Crippen molar-refractivity contribution in [2.75, 3.05) is 19.0 Å². The van der Waals surface area contributed by atoms with E-state index in [-0.39, 0.29) is 5.28 Å². The van der Waals surface area contributed by atoms with Crippen LogP contribution in [0.4, 0.5) is 5.95 Å². The van der Waals surface area contributed by atoms with Crippen molar-refractivity contribution in [3.8, 4) is 0 Å². The molecule has 6 heteroatoms. The fourth-order valence-corrected chi connectivity index (χ4v) is 1.84. The van der Waals surface area contributed by atoms with Crippen LogP contribution in [0.3, 0.4) is 0 Å². The normalized spacial score (nSPS) is 12.6. The number of hydrogen-bond acceptors (Lipinski definition) is 5. The Hall–Kier alpha value is -0.550. The quantitative estimate of drug-likeness (QED) is 0.764. The molecule has 1 atom stereocenters. The van der Waals surface area contributed by atoms with Crippen molar-refractivity contribution in [3.63, 3.8) is 0 Å². The van der Waals surface area contributed by atoms with Crippen LogP contribution in [-0.2, 0) is 0 Å². The van der Waals surface area contributed by atoms with Crippen molar-refractivity contribution in [2.45, 2.75) is 30.7 Å². The average Bonchev–Trinajstić information content (AvgIpc) is 2.16. The highest BCUT2D eigenvalue weighted by molar-refractivity contribution is 7.99. The number of hydrogen-bond donors (Lipinski definition) is 0. The van der Waals surface area contributed by atoms with E-state index in [4.69, 9.17) is 11.6 Å². The van der Waals surface area contributed by atoms with E-state index in [2.05, 4.69) is 28.8 Å². The Balaban J connectivity index is 2.88. The van der Waals surface area contributed by atoms with Crippen molar-refractivity contribution in [1.29, 1.82) is 0 Å². The molecule has 0 radical (unpaired) electrons. The zero-order chi connectivity index (χ0) is 11.4. The Labute approximate surface area is 99.5 Å². The lowest BCUT2D eigenvalue weighted by atomic mass is 10.4. The molecule has 1 unspecified atom stereocenters. The average molecular weight is 247 g/mol. The highest BCUT2D eigenvalue weighted by Gasteiger charge is 2.09. The van der Waals surface area contributed by atoms with E-state index in [9.17, 15) is 0 Å². The molecule has 84 valence electrons. The van der Waals surface area contributed by atoms with Crippen LogP contribution < -0.4 is 4.90 Å². The van der Waals surface area contributed by atoms with Crippen LogP contribution in [0.1, 0.15) is 20.3 Å². The first-order valence-corrected chi connectivity index (χ1v) is 6.04. The van der Waals surface area contributed by atoms with E-state index < -0.39 is 0 Å². The fraction of sp³-hybridized carbons (Fsp3) is 0.667. The van der Waals surface area contributed by atoms with Crippen LogP contribution in [-0.4, -0.2) is 34.3 Å². The molecule has 15 heavy (non-hydrogen) atoms. The first-order chi connectivity index (χ1) is 7.02. The Bertz CT molecular complexity index is 332. The molecule has 0 amide bonds. The minimum absolute atomic E-state index is 0.250. The molecule has 1 rings (SSSR count). The van der Waals surface area contributed by atoms with Gasteiger partial charge in [-0.1, -0.05) is 25.6 Å². The Morgan fingerprint density at radius 2 is 2.00 bits per heavy atom. The molecule has 0 saturated heterocycles. The Kier molecular flexibility index (Phi) is 4.60. The Morgan fingerprint density at radius 3 is 2.53 bits per heavy atom. The van der Waals surface area contributed by atoms with Crippen LogP contribution in [0.15, 0.2) is 5.16 Å². The molecule has 0 N–H and O–H groups in total. The summed E-state index contributed by atoms with van der Waals surface area (Å²) in [6.07, 6.45) is 1.07. The highest BCUT2D eigenvalue weighted by Crippen LogP contribution is 2.23. The standard InChI is InChI=1S/C9H15ClN4S/c1-5-6(2)15-9-12-7(10)11-8(13-9)14(3)4/h6H,5H2,1-4H3. The number of halogens is 1. The fourth-order valence-electron chi connectivity index (χ4n) is 0.838. The zero-order valence-corrected chi connectivity index (χ0v) is 10.9. The van der Waals surface area contributed by atoms with E-state index in [1.807, 2.05) is 19.0 Å². The van der Waals surface area contributed by atoms with Gasteiger partial charge in [0.2, 0.25) is 11.2 Å². The van der Waals surface area contributed by atoms with Crippen molar-refractivity contribution in [1.82, 2.24) is 15.0 Å². The largest absolute Gasteiger partial charge is 0.347 e. The molecule has 0 aliphatic rings. The first kappa shape index (κ1) is 12.5. The van der Waals surface area contributed by atoms with Gasteiger partial charge in [0.15, 0.2) is 5.16 Å². The SMILES string of the molecule is CCC(C)Sc1nc(Cl)nc(N(C)C)n1. The smallest absolute Gasteiger partial charge is 0.230 e. The second kappa shape index (κ2) is 5.51. The van der Waals surface area contributed by atoms with Crippen LogP contribution >= 0.6 is 23.4 Å². The van der Waals surface area contributed by atoms with Gasteiger partial charge >= 0.3 is 0 Å². The van der Waals surface area contributed by atoms with Crippen LogP contribution in [0, 0.1) is 0 Å². The van der Waals surface area contributed by atoms with Crippen LogP contribution in [0.2, 0.25) is 5.28 Å². The molecule has 0 spiro atoms. The molecule has 1 aromatic rings. The number of rotatable bonds is 4. The van der Waals surface area contributed by atoms with E-state index in [1.54, 1.807) is 11.8 Å². The summed E-state index contributed by atoms with van der Waals surface area (Å²) in [4.78, 5) is 14.2. The lowest BCUT2D eigenvalue weighted by Crippen LogP contribution is -2.14. The number of anilines is 1. The van der Waals surface area contributed by atoms with Gasteiger partial charge in [0.1, 0.15) is 0 Å². The molecular formula is C9H15ClN4S. The van der Waals surface area contributed by atoms with Gasteiger partial charge in [0.05, 0.1) is 0 Å². The maximum atomic E-state index is 5.82. The minimum atomic E-state index is 0.250. The summed E-state index contributed by atoms with van der Waals surface area (Å²) >= 11 is 7.43. The summed E-state index contributed by atoms with van der Waals surface area (Å²) in [5, 5.41) is 1.42. The van der Waals surface area contributed by atoms with Gasteiger partial charge in [-0.15, -0.1) is 0 Å². The molecule has 1 heterocycles.